The van der Waals surface area contributed by atoms with Crippen LogP contribution in [0.1, 0.15) is 5.56 Å². The number of anilines is 1. The van der Waals surface area contributed by atoms with Crippen molar-refractivity contribution in [3.05, 3.63) is 59.6 Å². The second-order valence-electron chi connectivity index (χ2n) is 5.52. The van der Waals surface area contributed by atoms with Crippen molar-refractivity contribution < 1.29 is 23.7 Å². The average Bonchev–Trinajstić information content (AvgIpc) is 2.71. The number of ether oxygens (including phenoxy) is 4. The third-order valence-corrected chi connectivity index (χ3v) is 4.00. The highest BCUT2D eigenvalue weighted by Crippen LogP contribution is 2.36. The number of hydrogen-bond acceptors (Lipinski definition) is 5. The first-order chi connectivity index (χ1) is 13.5. The number of carbonyl (C=O) groups is 1. The van der Waals surface area contributed by atoms with Crippen LogP contribution < -0.4 is 24.3 Å². The summed E-state index contributed by atoms with van der Waals surface area (Å²) in [6, 6.07) is 8.53. The fraction of sp³-hybridized carbons (Fsp3) is 0.190. The normalized spacial score (nSPS) is 10.4. The molecule has 148 valence electrons. The van der Waals surface area contributed by atoms with Crippen LogP contribution in [-0.2, 0) is 4.79 Å². The number of amides is 1. The van der Waals surface area contributed by atoms with Gasteiger partial charge in [0.05, 0.1) is 32.0 Å². The first-order valence-corrected chi connectivity index (χ1v) is 8.72. The third-order valence-electron chi connectivity index (χ3n) is 3.70. The molecule has 0 atom stereocenters. The second-order valence-corrected chi connectivity index (χ2v) is 5.93. The summed E-state index contributed by atoms with van der Waals surface area (Å²) in [4.78, 5) is 12.3. The van der Waals surface area contributed by atoms with Crippen molar-refractivity contribution >= 4 is 29.3 Å². The van der Waals surface area contributed by atoms with Crippen LogP contribution in [-0.4, -0.2) is 33.8 Å². The smallest absolute Gasteiger partial charge is 0.248 e. The number of halogens is 1. The molecule has 0 heterocycles. The molecule has 0 aliphatic heterocycles. The van der Waals surface area contributed by atoms with Crippen LogP contribution in [0, 0.1) is 0 Å². The van der Waals surface area contributed by atoms with Gasteiger partial charge >= 0.3 is 0 Å². The van der Waals surface area contributed by atoms with E-state index >= 15 is 0 Å². The standard InChI is InChI=1S/C21H22ClNO5/c1-5-10-28-17-8-6-14(11-20(17)27-4)7-9-21(24)23-16-12-15(22)18(25-2)13-19(16)26-3/h5-9,11-13H,1,10H2,2-4H3,(H,23,24)/b9-7+. The topological polar surface area (TPSA) is 66.0 Å². The molecule has 28 heavy (non-hydrogen) atoms. The molecule has 0 bridgehead atoms. The SMILES string of the molecule is C=CCOc1ccc(/C=C/C(=O)Nc2cc(Cl)c(OC)cc2OC)cc1OC. The van der Waals surface area contributed by atoms with Gasteiger partial charge in [-0.1, -0.05) is 30.3 Å². The van der Waals surface area contributed by atoms with Crippen LogP contribution >= 0.6 is 11.6 Å². The van der Waals surface area contributed by atoms with E-state index in [0.29, 0.717) is 40.3 Å². The van der Waals surface area contributed by atoms with Crippen LogP contribution in [0.4, 0.5) is 5.69 Å². The number of methoxy groups -OCH3 is 3. The molecule has 2 aromatic carbocycles. The molecule has 0 aromatic heterocycles. The zero-order chi connectivity index (χ0) is 20.5. The van der Waals surface area contributed by atoms with Crippen molar-refractivity contribution in [3.63, 3.8) is 0 Å². The fourth-order valence-corrected chi connectivity index (χ4v) is 2.60. The summed E-state index contributed by atoms with van der Waals surface area (Å²) in [6.07, 6.45) is 4.71. The molecule has 0 saturated heterocycles. The summed E-state index contributed by atoms with van der Waals surface area (Å²) < 4.78 is 21.2. The molecule has 0 aliphatic rings. The lowest BCUT2D eigenvalue weighted by Crippen LogP contribution is -2.09. The Morgan fingerprint density at radius 2 is 1.75 bits per heavy atom. The highest BCUT2D eigenvalue weighted by molar-refractivity contribution is 6.32. The van der Waals surface area contributed by atoms with Gasteiger partial charge in [0.15, 0.2) is 11.5 Å². The maximum absolute atomic E-state index is 12.3. The largest absolute Gasteiger partial charge is 0.495 e. The number of benzene rings is 2. The Labute approximate surface area is 169 Å². The quantitative estimate of drug-likeness (QED) is 0.490. The van der Waals surface area contributed by atoms with Gasteiger partial charge in [-0.2, -0.15) is 0 Å². The predicted molar refractivity (Wildman–Crippen MR) is 111 cm³/mol. The molecule has 0 saturated carbocycles. The Morgan fingerprint density at radius 3 is 2.39 bits per heavy atom. The van der Waals surface area contributed by atoms with Gasteiger partial charge in [-0.25, -0.2) is 0 Å². The Kier molecular flexibility index (Phi) is 7.77. The zero-order valence-corrected chi connectivity index (χ0v) is 16.7. The molecule has 0 fully saturated rings. The molecule has 1 N–H and O–H groups in total. The highest BCUT2D eigenvalue weighted by Gasteiger charge is 2.11. The van der Waals surface area contributed by atoms with Gasteiger partial charge in [0.2, 0.25) is 5.91 Å². The number of nitrogens with one attached hydrogen (secondary N) is 1. The zero-order valence-electron chi connectivity index (χ0n) is 16.0. The molecular weight excluding hydrogens is 382 g/mol. The Bertz CT molecular complexity index is 879. The van der Waals surface area contributed by atoms with E-state index in [0.717, 1.165) is 5.56 Å². The van der Waals surface area contributed by atoms with E-state index in [9.17, 15) is 4.79 Å². The Morgan fingerprint density at radius 1 is 1.04 bits per heavy atom. The molecule has 6 nitrogen and oxygen atoms in total. The summed E-state index contributed by atoms with van der Waals surface area (Å²) in [5, 5.41) is 3.10. The van der Waals surface area contributed by atoms with Gasteiger partial charge in [0.25, 0.3) is 0 Å². The lowest BCUT2D eigenvalue weighted by Gasteiger charge is -2.12. The van der Waals surface area contributed by atoms with Gasteiger partial charge < -0.3 is 24.3 Å². The first kappa shape index (κ1) is 21.2. The third kappa shape index (κ3) is 5.44. The van der Waals surface area contributed by atoms with E-state index in [1.807, 2.05) is 6.07 Å². The van der Waals surface area contributed by atoms with Crippen molar-refractivity contribution in [2.75, 3.05) is 33.3 Å². The fourth-order valence-electron chi connectivity index (χ4n) is 2.36. The second kappa shape index (κ2) is 10.3. The number of rotatable bonds is 9. The lowest BCUT2D eigenvalue weighted by atomic mass is 10.2. The van der Waals surface area contributed by atoms with Crippen LogP contribution in [0.25, 0.3) is 6.08 Å². The maximum Gasteiger partial charge on any atom is 0.248 e. The van der Waals surface area contributed by atoms with Crippen LogP contribution in [0.2, 0.25) is 5.02 Å². The Balaban J connectivity index is 2.14. The number of hydrogen-bond donors (Lipinski definition) is 1. The molecule has 2 rings (SSSR count). The Hall–Kier alpha value is -3.12. The van der Waals surface area contributed by atoms with E-state index in [2.05, 4.69) is 11.9 Å². The number of carbonyl (C=O) groups excluding carboxylic acids is 1. The minimum absolute atomic E-state index is 0.342. The van der Waals surface area contributed by atoms with Gasteiger partial charge in [-0.15, -0.1) is 0 Å². The summed E-state index contributed by atoms with van der Waals surface area (Å²) in [5.41, 5.74) is 1.21. The minimum Gasteiger partial charge on any atom is -0.495 e. The summed E-state index contributed by atoms with van der Waals surface area (Å²) in [5.74, 6) is 1.71. The van der Waals surface area contributed by atoms with Gasteiger partial charge in [0.1, 0.15) is 18.1 Å². The monoisotopic (exact) mass is 403 g/mol. The van der Waals surface area contributed by atoms with Crippen LogP contribution in [0.3, 0.4) is 0 Å². The van der Waals surface area contributed by atoms with E-state index in [-0.39, 0.29) is 5.91 Å². The van der Waals surface area contributed by atoms with Gasteiger partial charge in [-0.05, 0) is 29.8 Å². The molecular formula is C21H22ClNO5. The van der Waals surface area contributed by atoms with Gasteiger partial charge in [0, 0.05) is 12.1 Å². The van der Waals surface area contributed by atoms with Crippen LogP contribution in [0.5, 0.6) is 23.0 Å². The molecule has 7 heteroatoms. The van der Waals surface area contributed by atoms with Crippen molar-refractivity contribution in [2.45, 2.75) is 0 Å². The molecule has 2 aromatic rings. The molecule has 0 aliphatic carbocycles. The van der Waals surface area contributed by atoms with E-state index in [1.54, 1.807) is 43.5 Å². The van der Waals surface area contributed by atoms with Crippen molar-refractivity contribution in [3.8, 4) is 23.0 Å². The summed E-state index contributed by atoms with van der Waals surface area (Å²) >= 11 is 6.12. The lowest BCUT2D eigenvalue weighted by molar-refractivity contribution is -0.111. The molecule has 1 amide bonds. The van der Waals surface area contributed by atoms with E-state index in [4.69, 9.17) is 30.5 Å². The maximum atomic E-state index is 12.3. The molecule has 0 spiro atoms. The predicted octanol–water partition coefficient (Wildman–Crippen LogP) is 4.58. The summed E-state index contributed by atoms with van der Waals surface area (Å²) in [7, 11) is 4.55. The molecule has 0 unspecified atom stereocenters. The van der Waals surface area contributed by atoms with E-state index < -0.39 is 0 Å². The molecule has 0 radical (unpaired) electrons. The van der Waals surface area contributed by atoms with Gasteiger partial charge in [-0.3, -0.25) is 4.79 Å². The minimum atomic E-state index is -0.342. The van der Waals surface area contributed by atoms with Crippen molar-refractivity contribution in [2.24, 2.45) is 0 Å². The summed E-state index contributed by atoms with van der Waals surface area (Å²) in [6.45, 7) is 3.99. The average molecular weight is 404 g/mol. The van der Waals surface area contributed by atoms with Crippen molar-refractivity contribution in [1.29, 1.82) is 0 Å². The van der Waals surface area contributed by atoms with Crippen molar-refractivity contribution in [1.82, 2.24) is 0 Å². The van der Waals surface area contributed by atoms with E-state index in [1.165, 1.54) is 20.3 Å². The van der Waals surface area contributed by atoms with Crippen LogP contribution in [0.15, 0.2) is 49.1 Å². The highest BCUT2D eigenvalue weighted by atomic mass is 35.5. The first-order valence-electron chi connectivity index (χ1n) is 8.34.